The first-order valence-electron chi connectivity index (χ1n) is 7.85. The maximum atomic E-state index is 13.7. The zero-order valence-electron chi connectivity index (χ0n) is 14.8. The Morgan fingerprint density at radius 2 is 1.92 bits per heavy atom. The van der Waals surface area contributed by atoms with Crippen LogP contribution < -0.4 is 5.32 Å². The number of halogens is 3. The number of nitrogens with one attached hydrogen (secondary N) is 2. The van der Waals surface area contributed by atoms with Crippen molar-refractivity contribution in [3.63, 3.8) is 0 Å². The van der Waals surface area contributed by atoms with E-state index in [-0.39, 0.29) is 23.4 Å². The Hall–Kier alpha value is -1.89. The molecule has 0 fully saturated rings. The van der Waals surface area contributed by atoms with E-state index in [0.29, 0.717) is 33.1 Å². The Bertz CT molecular complexity index is 865. The summed E-state index contributed by atoms with van der Waals surface area (Å²) >= 11 is 11.8. The van der Waals surface area contributed by atoms with Crippen LogP contribution in [0.1, 0.15) is 50.6 Å². The van der Waals surface area contributed by atoms with Gasteiger partial charge < -0.3 is 15.0 Å². The van der Waals surface area contributed by atoms with Crippen LogP contribution in [0.2, 0.25) is 10.0 Å². The predicted molar refractivity (Wildman–Crippen MR) is 98.8 cm³/mol. The van der Waals surface area contributed by atoms with Crippen LogP contribution in [0.4, 0.5) is 4.39 Å². The molecule has 0 aliphatic heterocycles. The second kappa shape index (κ2) is 8.20. The first kappa shape index (κ1) is 20.4. The Morgan fingerprint density at radius 1 is 1.27 bits per heavy atom. The van der Waals surface area contributed by atoms with Gasteiger partial charge in [-0.3, -0.25) is 4.79 Å². The molecule has 26 heavy (non-hydrogen) atoms. The van der Waals surface area contributed by atoms with Crippen molar-refractivity contribution >= 4 is 35.0 Å². The third-order valence-corrected chi connectivity index (χ3v) is 4.80. The van der Waals surface area contributed by atoms with Gasteiger partial charge in [-0.2, -0.15) is 0 Å². The minimum atomic E-state index is -0.579. The number of esters is 1. The summed E-state index contributed by atoms with van der Waals surface area (Å²) < 4.78 is 18.4. The smallest absolute Gasteiger partial charge is 0.339 e. The number of ether oxygens (including phenoxy) is 1. The highest BCUT2D eigenvalue weighted by molar-refractivity contribution is 6.35. The summed E-state index contributed by atoms with van der Waals surface area (Å²) in [6, 6.07) is 2.19. The third kappa shape index (κ3) is 4.09. The molecule has 140 valence electrons. The zero-order chi connectivity index (χ0) is 19.6. The minimum absolute atomic E-state index is 0.0247. The van der Waals surface area contributed by atoms with E-state index in [9.17, 15) is 14.0 Å². The second-order valence-electron chi connectivity index (χ2n) is 5.93. The van der Waals surface area contributed by atoms with Crippen LogP contribution in [-0.4, -0.2) is 30.4 Å². The maximum Gasteiger partial charge on any atom is 0.339 e. The standard InChI is InChI=1S/C18H19Cl2FN2O3/c1-8-16(18(25)26-4)10(3)23-17(8)15(24)7-22-9(2)11-5-14(21)13(20)6-12(11)19/h5-6,9,22-23H,7H2,1-4H3/t9-/m1/s1. The van der Waals surface area contributed by atoms with E-state index in [1.807, 2.05) is 0 Å². The molecule has 5 nitrogen and oxygen atoms in total. The Balaban J connectivity index is 2.14. The third-order valence-electron chi connectivity index (χ3n) is 4.18. The van der Waals surface area contributed by atoms with E-state index in [0.717, 1.165) is 0 Å². The number of aromatic nitrogens is 1. The minimum Gasteiger partial charge on any atom is -0.465 e. The number of carbonyl (C=O) groups excluding carboxylic acids is 2. The van der Waals surface area contributed by atoms with Gasteiger partial charge in [-0.05, 0) is 44.0 Å². The van der Waals surface area contributed by atoms with Crippen LogP contribution in [0.25, 0.3) is 0 Å². The molecule has 1 aromatic carbocycles. The highest BCUT2D eigenvalue weighted by atomic mass is 35.5. The summed E-state index contributed by atoms with van der Waals surface area (Å²) in [6.07, 6.45) is 0. The number of ketones is 1. The maximum absolute atomic E-state index is 13.7. The van der Waals surface area contributed by atoms with Crippen LogP contribution in [0.15, 0.2) is 12.1 Å². The number of rotatable bonds is 6. The van der Waals surface area contributed by atoms with Gasteiger partial charge in [0.15, 0.2) is 5.78 Å². The molecule has 1 atom stereocenters. The largest absolute Gasteiger partial charge is 0.465 e. The predicted octanol–water partition coefficient (Wildman–Crippen LogP) is 4.40. The van der Waals surface area contributed by atoms with E-state index in [1.54, 1.807) is 20.8 Å². The highest BCUT2D eigenvalue weighted by Gasteiger charge is 2.23. The number of methoxy groups -OCH3 is 1. The fraction of sp³-hybridized carbons (Fsp3) is 0.333. The summed E-state index contributed by atoms with van der Waals surface area (Å²) in [6.45, 7) is 5.11. The molecule has 0 spiro atoms. The Labute approximate surface area is 160 Å². The van der Waals surface area contributed by atoms with E-state index >= 15 is 0 Å². The lowest BCUT2D eigenvalue weighted by Crippen LogP contribution is -2.27. The molecule has 0 aliphatic carbocycles. The summed E-state index contributed by atoms with van der Waals surface area (Å²) in [7, 11) is 1.29. The average molecular weight is 401 g/mol. The molecule has 0 unspecified atom stereocenters. The van der Waals surface area contributed by atoms with Gasteiger partial charge in [-0.15, -0.1) is 0 Å². The molecule has 0 amide bonds. The number of H-pyrrole nitrogens is 1. The SMILES string of the molecule is COC(=O)c1c(C)[nH]c(C(=O)CN[C@H](C)c2cc(F)c(Cl)cc2Cl)c1C. The molecular formula is C18H19Cl2FN2O3. The topological polar surface area (TPSA) is 71.2 Å². The molecule has 0 saturated carbocycles. The molecule has 1 aromatic heterocycles. The van der Waals surface area contributed by atoms with E-state index in [2.05, 4.69) is 10.3 Å². The van der Waals surface area contributed by atoms with Crippen molar-refractivity contribution in [2.24, 2.45) is 0 Å². The van der Waals surface area contributed by atoms with E-state index in [1.165, 1.54) is 19.2 Å². The molecule has 2 rings (SSSR count). The van der Waals surface area contributed by atoms with Gasteiger partial charge in [0.05, 0.1) is 29.9 Å². The van der Waals surface area contributed by atoms with Crippen molar-refractivity contribution < 1.29 is 18.7 Å². The molecule has 0 aliphatic rings. The van der Waals surface area contributed by atoms with Crippen LogP contribution in [0, 0.1) is 19.7 Å². The molecule has 0 saturated heterocycles. The molecule has 8 heteroatoms. The number of benzene rings is 1. The molecule has 2 N–H and O–H groups in total. The molecular weight excluding hydrogens is 382 g/mol. The highest BCUT2D eigenvalue weighted by Crippen LogP contribution is 2.28. The van der Waals surface area contributed by atoms with Crippen LogP contribution in [0.5, 0.6) is 0 Å². The fourth-order valence-corrected chi connectivity index (χ4v) is 3.30. The average Bonchev–Trinajstić information content (AvgIpc) is 2.89. The van der Waals surface area contributed by atoms with Crippen LogP contribution in [-0.2, 0) is 4.74 Å². The molecule has 1 heterocycles. The number of aromatic amines is 1. The summed E-state index contributed by atoms with van der Waals surface area (Å²) in [5, 5.41) is 3.25. The lowest BCUT2D eigenvalue weighted by Gasteiger charge is -2.16. The number of aryl methyl sites for hydroxylation is 1. The lowest BCUT2D eigenvalue weighted by atomic mass is 10.1. The van der Waals surface area contributed by atoms with Gasteiger partial charge in [-0.1, -0.05) is 23.2 Å². The second-order valence-corrected chi connectivity index (χ2v) is 6.74. The normalized spacial score (nSPS) is 12.1. The van der Waals surface area contributed by atoms with Gasteiger partial charge in [0.1, 0.15) is 5.82 Å². The number of carbonyl (C=O) groups is 2. The molecule has 0 radical (unpaired) electrons. The van der Waals surface area contributed by atoms with Crippen molar-refractivity contribution in [1.29, 1.82) is 0 Å². The van der Waals surface area contributed by atoms with Crippen molar-refractivity contribution in [1.82, 2.24) is 10.3 Å². The van der Waals surface area contributed by atoms with Crippen molar-refractivity contribution in [2.75, 3.05) is 13.7 Å². The molecule has 2 aromatic rings. The fourth-order valence-electron chi connectivity index (χ4n) is 2.75. The quantitative estimate of drug-likeness (QED) is 0.428. The first-order chi connectivity index (χ1) is 12.2. The van der Waals surface area contributed by atoms with Gasteiger partial charge in [0.25, 0.3) is 0 Å². The summed E-state index contributed by atoms with van der Waals surface area (Å²) in [5.74, 6) is -1.32. The summed E-state index contributed by atoms with van der Waals surface area (Å²) in [5.41, 5.74) is 2.27. The van der Waals surface area contributed by atoms with Gasteiger partial charge in [0.2, 0.25) is 0 Å². The van der Waals surface area contributed by atoms with Gasteiger partial charge in [-0.25, -0.2) is 9.18 Å². The van der Waals surface area contributed by atoms with E-state index in [4.69, 9.17) is 27.9 Å². The van der Waals surface area contributed by atoms with Crippen molar-refractivity contribution in [3.8, 4) is 0 Å². The number of Topliss-reactive ketones (excluding diaryl/α,β-unsaturated/α-hetero) is 1. The zero-order valence-corrected chi connectivity index (χ0v) is 16.3. The monoisotopic (exact) mass is 400 g/mol. The summed E-state index contributed by atoms with van der Waals surface area (Å²) in [4.78, 5) is 27.2. The first-order valence-corrected chi connectivity index (χ1v) is 8.61. The van der Waals surface area contributed by atoms with Gasteiger partial charge >= 0.3 is 5.97 Å². The van der Waals surface area contributed by atoms with Crippen molar-refractivity contribution in [2.45, 2.75) is 26.8 Å². The Kier molecular flexibility index (Phi) is 6.44. The molecule has 0 bridgehead atoms. The Morgan fingerprint density at radius 3 is 2.54 bits per heavy atom. The van der Waals surface area contributed by atoms with Crippen molar-refractivity contribution in [3.05, 3.63) is 56.1 Å². The lowest BCUT2D eigenvalue weighted by molar-refractivity contribution is 0.0599. The van der Waals surface area contributed by atoms with Crippen LogP contribution in [0.3, 0.4) is 0 Å². The number of hydrogen-bond acceptors (Lipinski definition) is 4. The van der Waals surface area contributed by atoms with E-state index < -0.39 is 11.8 Å². The number of hydrogen-bond donors (Lipinski definition) is 2. The van der Waals surface area contributed by atoms with Crippen LogP contribution >= 0.6 is 23.2 Å². The van der Waals surface area contributed by atoms with Gasteiger partial charge in [0, 0.05) is 16.8 Å².